The van der Waals surface area contributed by atoms with Gasteiger partial charge in [-0.1, -0.05) is 18.2 Å². The first kappa shape index (κ1) is 13.1. The van der Waals surface area contributed by atoms with Crippen molar-refractivity contribution < 1.29 is 4.79 Å². The number of nitrogens with zero attached hydrogens (tertiary/aromatic N) is 1. The molecule has 3 N–H and O–H groups in total. The van der Waals surface area contributed by atoms with Crippen molar-refractivity contribution in [3.63, 3.8) is 0 Å². The lowest BCUT2D eigenvalue weighted by Crippen LogP contribution is -2.38. The molecule has 3 aromatic rings. The average molecular weight is 310 g/mol. The van der Waals surface area contributed by atoms with E-state index in [0.717, 1.165) is 27.4 Å². The van der Waals surface area contributed by atoms with Crippen LogP contribution in [0.3, 0.4) is 0 Å². The van der Waals surface area contributed by atoms with E-state index in [1.807, 2.05) is 42.6 Å². The van der Waals surface area contributed by atoms with Gasteiger partial charge in [0.15, 0.2) is 0 Å². The standard InChI is InChI=1S/C16H14N4OS/c1-9-4-2-5-10-13(9)18-15(19-16(10)21)11-8-17-20-14(11)12-6-3-7-22-12/h2-8,15,18H,1H3,(H,17,20)(H,19,21). The Bertz CT molecular complexity index is 838. The van der Waals surface area contributed by atoms with E-state index in [4.69, 9.17) is 0 Å². The van der Waals surface area contributed by atoms with Crippen molar-refractivity contribution in [3.8, 4) is 10.6 Å². The van der Waals surface area contributed by atoms with Crippen LogP contribution in [0, 0.1) is 6.92 Å². The van der Waals surface area contributed by atoms with Crippen molar-refractivity contribution >= 4 is 22.9 Å². The molecule has 0 fully saturated rings. The van der Waals surface area contributed by atoms with Crippen LogP contribution in [-0.2, 0) is 0 Å². The minimum absolute atomic E-state index is 0.0687. The lowest BCUT2D eigenvalue weighted by molar-refractivity contribution is 0.0935. The topological polar surface area (TPSA) is 69.8 Å². The van der Waals surface area contributed by atoms with Gasteiger partial charge in [-0.05, 0) is 30.0 Å². The van der Waals surface area contributed by atoms with Gasteiger partial charge in [0.05, 0.1) is 28.0 Å². The summed E-state index contributed by atoms with van der Waals surface area (Å²) in [4.78, 5) is 13.5. The summed E-state index contributed by atoms with van der Waals surface area (Å²) in [5.41, 5.74) is 4.49. The molecule has 0 saturated carbocycles. The van der Waals surface area contributed by atoms with Crippen molar-refractivity contribution in [1.29, 1.82) is 0 Å². The van der Waals surface area contributed by atoms with Crippen molar-refractivity contribution in [3.05, 3.63) is 58.6 Å². The number of fused-ring (bicyclic) bond motifs is 1. The van der Waals surface area contributed by atoms with Gasteiger partial charge < -0.3 is 10.6 Å². The lowest BCUT2D eigenvalue weighted by Gasteiger charge is -2.29. The molecule has 1 unspecified atom stereocenters. The maximum atomic E-state index is 12.4. The Morgan fingerprint density at radius 3 is 2.91 bits per heavy atom. The number of rotatable bonds is 2. The molecule has 110 valence electrons. The highest BCUT2D eigenvalue weighted by atomic mass is 32.1. The van der Waals surface area contributed by atoms with E-state index < -0.39 is 0 Å². The molecular formula is C16H14N4OS. The predicted octanol–water partition coefficient (Wildman–Crippen LogP) is 3.30. The number of benzene rings is 1. The molecule has 1 aliphatic heterocycles. The molecule has 1 amide bonds. The van der Waals surface area contributed by atoms with E-state index in [-0.39, 0.29) is 12.1 Å². The SMILES string of the molecule is Cc1cccc2c1NC(c1cn[nH]c1-c1cccs1)NC2=O. The van der Waals surface area contributed by atoms with Crippen LogP contribution >= 0.6 is 11.3 Å². The molecule has 6 heteroatoms. The van der Waals surface area contributed by atoms with Gasteiger partial charge in [0.25, 0.3) is 5.91 Å². The number of aromatic nitrogens is 2. The minimum Gasteiger partial charge on any atom is -0.361 e. The number of amides is 1. The highest BCUT2D eigenvalue weighted by Crippen LogP contribution is 2.34. The third kappa shape index (κ3) is 2.00. The zero-order chi connectivity index (χ0) is 15.1. The van der Waals surface area contributed by atoms with E-state index in [1.165, 1.54) is 0 Å². The fraction of sp³-hybridized carbons (Fsp3) is 0.125. The summed E-state index contributed by atoms with van der Waals surface area (Å²) in [7, 11) is 0. The second-order valence-corrected chi connectivity index (χ2v) is 6.17. The second-order valence-electron chi connectivity index (χ2n) is 5.23. The molecule has 0 bridgehead atoms. The van der Waals surface area contributed by atoms with Crippen LogP contribution in [0.25, 0.3) is 10.6 Å². The van der Waals surface area contributed by atoms with Gasteiger partial charge >= 0.3 is 0 Å². The van der Waals surface area contributed by atoms with E-state index >= 15 is 0 Å². The van der Waals surface area contributed by atoms with Crippen LogP contribution in [0.2, 0.25) is 0 Å². The third-order valence-corrected chi connectivity index (χ3v) is 4.72. The lowest BCUT2D eigenvalue weighted by atomic mass is 10.0. The molecule has 0 saturated heterocycles. The molecule has 0 radical (unpaired) electrons. The Morgan fingerprint density at radius 1 is 1.18 bits per heavy atom. The average Bonchev–Trinajstić information content (AvgIpc) is 3.19. The summed E-state index contributed by atoms with van der Waals surface area (Å²) in [6, 6.07) is 9.75. The number of carbonyl (C=O) groups excluding carboxylic acids is 1. The van der Waals surface area contributed by atoms with Crippen molar-refractivity contribution in [2.75, 3.05) is 5.32 Å². The molecule has 0 spiro atoms. The number of hydrogen-bond acceptors (Lipinski definition) is 4. The number of H-pyrrole nitrogens is 1. The van der Waals surface area contributed by atoms with Crippen LogP contribution in [0.15, 0.2) is 41.9 Å². The molecule has 4 rings (SSSR count). The first-order valence-electron chi connectivity index (χ1n) is 6.98. The predicted molar refractivity (Wildman–Crippen MR) is 86.9 cm³/mol. The van der Waals surface area contributed by atoms with Gasteiger partial charge in [0.2, 0.25) is 0 Å². The van der Waals surface area contributed by atoms with Crippen LogP contribution in [-0.4, -0.2) is 16.1 Å². The van der Waals surface area contributed by atoms with Gasteiger partial charge in [0.1, 0.15) is 6.17 Å². The molecule has 1 atom stereocenters. The van der Waals surface area contributed by atoms with Crippen molar-refractivity contribution in [2.24, 2.45) is 0 Å². The number of aryl methyl sites for hydroxylation is 1. The first-order chi connectivity index (χ1) is 10.7. The maximum absolute atomic E-state index is 12.4. The Balaban J connectivity index is 1.76. The number of anilines is 1. The quantitative estimate of drug-likeness (QED) is 0.680. The Hall–Kier alpha value is -2.60. The van der Waals surface area contributed by atoms with E-state index in [1.54, 1.807) is 17.5 Å². The zero-order valence-corrected chi connectivity index (χ0v) is 12.7. The summed E-state index contributed by atoms with van der Waals surface area (Å²) >= 11 is 1.64. The molecule has 22 heavy (non-hydrogen) atoms. The Morgan fingerprint density at radius 2 is 2.09 bits per heavy atom. The van der Waals surface area contributed by atoms with E-state index in [2.05, 4.69) is 20.8 Å². The summed E-state index contributed by atoms with van der Waals surface area (Å²) in [5.74, 6) is -0.0687. The summed E-state index contributed by atoms with van der Waals surface area (Å²) < 4.78 is 0. The van der Waals surface area contributed by atoms with Gasteiger partial charge in [-0.2, -0.15) is 5.10 Å². The second kappa shape index (κ2) is 4.99. The molecule has 1 aliphatic rings. The minimum atomic E-state index is -0.294. The molecular weight excluding hydrogens is 296 g/mol. The highest BCUT2D eigenvalue weighted by molar-refractivity contribution is 7.13. The number of thiophene rings is 1. The fourth-order valence-electron chi connectivity index (χ4n) is 2.73. The van der Waals surface area contributed by atoms with Crippen LogP contribution in [0.4, 0.5) is 5.69 Å². The monoisotopic (exact) mass is 310 g/mol. The van der Waals surface area contributed by atoms with Gasteiger partial charge in [0, 0.05) is 5.56 Å². The molecule has 2 aromatic heterocycles. The van der Waals surface area contributed by atoms with Gasteiger partial charge in [-0.25, -0.2) is 0 Å². The Labute approximate surface area is 131 Å². The van der Waals surface area contributed by atoms with Crippen LogP contribution < -0.4 is 10.6 Å². The van der Waals surface area contributed by atoms with Crippen molar-refractivity contribution in [2.45, 2.75) is 13.1 Å². The van der Waals surface area contributed by atoms with E-state index in [9.17, 15) is 4.79 Å². The van der Waals surface area contributed by atoms with Crippen LogP contribution in [0.5, 0.6) is 0 Å². The zero-order valence-electron chi connectivity index (χ0n) is 11.9. The van der Waals surface area contributed by atoms with Gasteiger partial charge in [-0.15, -0.1) is 11.3 Å². The largest absolute Gasteiger partial charge is 0.361 e. The molecule has 3 heterocycles. The number of hydrogen-bond donors (Lipinski definition) is 3. The maximum Gasteiger partial charge on any atom is 0.255 e. The summed E-state index contributed by atoms with van der Waals surface area (Å²) in [5, 5.41) is 15.6. The third-order valence-electron chi connectivity index (χ3n) is 3.83. The number of nitrogens with one attached hydrogen (secondary N) is 3. The molecule has 5 nitrogen and oxygen atoms in total. The number of para-hydroxylation sites is 1. The van der Waals surface area contributed by atoms with Gasteiger partial charge in [-0.3, -0.25) is 9.89 Å². The van der Waals surface area contributed by atoms with E-state index in [0.29, 0.717) is 5.56 Å². The van der Waals surface area contributed by atoms with Crippen molar-refractivity contribution in [1.82, 2.24) is 15.5 Å². The van der Waals surface area contributed by atoms with Crippen LogP contribution in [0.1, 0.15) is 27.7 Å². The summed E-state index contributed by atoms with van der Waals surface area (Å²) in [6.45, 7) is 2.00. The fourth-order valence-corrected chi connectivity index (χ4v) is 3.47. The normalized spacial score (nSPS) is 16.8. The summed E-state index contributed by atoms with van der Waals surface area (Å²) in [6.07, 6.45) is 1.47. The smallest absolute Gasteiger partial charge is 0.255 e. The highest BCUT2D eigenvalue weighted by Gasteiger charge is 2.28. The molecule has 1 aromatic carbocycles. The Kier molecular flexibility index (Phi) is 2.97. The number of carbonyl (C=O) groups is 1. The first-order valence-corrected chi connectivity index (χ1v) is 7.86. The number of aromatic amines is 1. The molecule has 0 aliphatic carbocycles.